The lowest BCUT2D eigenvalue weighted by Crippen LogP contribution is -2.17. The molecule has 0 saturated carbocycles. The molecule has 0 fully saturated rings. The number of hydrogen-bond acceptors (Lipinski definition) is 7. The van der Waals surface area contributed by atoms with Crippen molar-refractivity contribution in [3.63, 3.8) is 0 Å². The minimum atomic E-state index is -4.75. The van der Waals surface area contributed by atoms with Gasteiger partial charge in [-0.2, -0.15) is 0 Å². The maximum absolute atomic E-state index is 15.4. The molecule has 0 atom stereocenters. The Morgan fingerprint density at radius 3 is 2.29 bits per heavy atom. The number of aromatic nitrogens is 3. The number of nitrogens with zero attached hydrogens (tertiary/aromatic N) is 3. The number of rotatable bonds is 5. The monoisotopic (exact) mass is 511 g/mol. The summed E-state index contributed by atoms with van der Waals surface area (Å²) in [5, 5.41) is 0.603. The van der Waals surface area contributed by atoms with Crippen LogP contribution in [0.2, 0.25) is 0 Å². The molecule has 0 aliphatic carbocycles. The first-order valence-corrected chi connectivity index (χ1v) is 12.3. The first-order chi connectivity index (χ1) is 16.2. The van der Waals surface area contributed by atoms with Crippen molar-refractivity contribution < 1.29 is 24.4 Å². The highest BCUT2D eigenvalue weighted by Gasteiger charge is 2.26. The number of nitrogen functional groups attached to an aromatic ring is 1. The lowest BCUT2D eigenvalue weighted by molar-refractivity contribution is 0.521. The van der Waals surface area contributed by atoms with Crippen molar-refractivity contribution >= 4 is 33.0 Å². The number of nitrogens with two attached hydrogens (primary N) is 1. The van der Waals surface area contributed by atoms with Gasteiger partial charge in [-0.3, -0.25) is 4.72 Å². The minimum absolute atomic E-state index is 0. The summed E-state index contributed by atoms with van der Waals surface area (Å²) in [7, 11) is -4.75. The molecule has 0 radical (unpaired) electrons. The molecule has 0 spiro atoms. The average Bonchev–Trinajstić information content (AvgIpc) is 3.17. The van der Waals surface area contributed by atoms with Crippen LogP contribution < -0.4 is 10.5 Å². The Morgan fingerprint density at radius 1 is 1.00 bits per heavy atom. The molecule has 0 unspecified atom stereocenters. The summed E-state index contributed by atoms with van der Waals surface area (Å²) in [4.78, 5) is 11.6. The van der Waals surface area contributed by atoms with E-state index in [1.54, 1.807) is 13.0 Å². The van der Waals surface area contributed by atoms with E-state index in [-0.39, 0.29) is 20.1 Å². The second kappa shape index (κ2) is 10.2. The van der Waals surface area contributed by atoms with Crippen LogP contribution in [0.25, 0.3) is 21.8 Å². The first-order valence-electron chi connectivity index (χ1n) is 9.99. The molecular formula is C22H24F3N5O2S2. The topological polar surface area (TPSA) is 111 Å². The van der Waals surface area contributed by atoms with Crippen molar-refractivity contribution in [1.29, 1.82) is 0 Å². The van der Waals surface area contributed by atoms with Gasteiger partial charge in [0.15, 0.2) is 10.7 Å². The van der Waals surface area contributed by atoms with Crippen LogP contribution in [0.1, 0.15) is 21.7 Å². The zero-order valence-electron chi connectivity index (χ0n) is 18.3. The van der Waals surface area contributed by atoms with Crippen molar-refractivity contribution in [3.05, 3.63) is 71.1 Å². The normalized spacial score (nSPS) is 11.0. The van der Waals surface area contributed by atoms with Gasteiger partial charge < -0.3 is 5.73 Å². The Kier molecular flexibility index (Phi) is 7.52. The number of halogens is 3. The highest BCUT2D eigenvalue weighted by atomic mass is 32.2. The third-order valence-electron chi connectivity index (χ3n) is 4.33. The number of hydrogen-bond donors (Lipinski definition) is 2. The average molecular weight is 512 g/mol. The molecule has 7 nitrogen and oxygen atoms in total. The van der Waals surface area contributed by atoms with E-state index in [1.165, 1.54) is 29.7 Å². The van der Waals surface area contributed by atoms with E-state index in [0.717, 1.165) is 24.3 Å². The van der Waals surface area contributed by atoms with Crippen LogP contribution >= 0.6 is 11.3 Å². The Hall–Kier alpha value is -3.51. The van der Waals surface area contributed by atoms with Crippen LogP contribution in [-0.4, -0.2) is 23.4 Å². The molecule has 0 bridgehead atoms. The van der Waals surface area contributed by atoms with Gasteiger partial charge in [0.2, 0.25) is 5.95 Å². The van der Waals surface area contributed by atoms with Crippen molar-refractivity contribution in [2.24, 2.45) is 0 Å². The molecule has 0 aliphatic rings. The summed E-state index contributed by atoms with van der Waals surface area (Å²) in [6.07, 6.45) is 1.44. The zero-order valence-corrected chi connectivity index (χ0v) is 19.9. The van der Waals surface area contributed by atoms with Gasteiger partial charge in [0.05, 0.1) is 27.0 Å². The lowest BCUT2D eigenvalue weighted by atomic mass is 10.1. The maximum Gasteiger partial charge on any atom is 0.267 e. The summed E-state index contributed by atoms with van der Waals surface area (Å²) >= 11 is 1.24. The van der Waals surface area contributed by atoms with Crippen molar-refractivity contribution in [1.82, 2.24) is 15.0 Å². The fourth-order valence-corrected chi connectivity index (χ4v) is 5.11. The maximum atomic E-state index is 15.4. The number of aryl methyl sites for hydroxylation is 1. The Morgan fingerprint density at radius 2 is 1.65 bits per heavy atom. The van der Waals surface area contributed by atoms with Crippen LogP contribution in [-0.2, 0) is 10.0 Å². The van der Waals surface area contributed by atoms with E-state index >= 15 is 4.39 Å². The molecule has 4 rings (SSSR count). The number of benzene rings is 2. The summed E-state index contributed by atoms with van der Waals surface area (Å²) in [6.45, 7) is 5.72. The Bertz CT molecular complexity index is 1430. The number of anilines is 2. The van der Waals surface area contributed by atoms with Gasteiger partial charge in [-0.1, -0.05) is 26.0 Å². The molecule has 2 heterocycles. The highest BCUT2D eigenvalue weighted by molar-refractivity contribution is 7.92. The van der Waals surface area contributed by atoms with Crippen molar-refractivity contribution in [3.8, 4) is 21.8 Å². The van der Waals surface area contributed by atoms with Crippen LogP contribution in [0, 0.1) is 24.4 Å². The van der Waals surface area contributed by atoms with E-state index in [1.807, 2.05) is 18.6 Å². The van der Waals surface area contributed by atoms with Gasteiger partial charge in [-0.05, 0) is 37.3 Å². The van der Waals surface area contributed by atoms with E-state index in [2.05, 4.69) is 15.0 Å². The molecule has 182 valence electrons. The molecular weight excluding hydrogens is 487 g/mol. The third kappa shape index (κ3) is 5.02. The van der Waals surface area contributed by atoms with E-state index in [9.17, 15) is 17.2 Å². The predicted molar refractivity (Wildman–Crippen MR) is 130 cm³/mol. The molecule has 2 aromatic carbocycles. The molecule has 0 saturated heterocycles. The summed E-state index contributed by atoms with van der Waals surface area (Å²) in [5.41, 5.74) is 5.74. The third-order valence-corrected chi connectivity index (χ3v) is 6.74. The molecule has 0 amide bonds. The van der Waals surface area contributed by atoms with Gasteiger partial charge >= 0.3 is 0 Å². The predicted octanol–water partition coefficient (Wildman–Crippen LogP) is 5.89. The van der Waals surface area contributed by atoms with Gasteiger partial charge in [0, 0.05) is 14.6 Å². The summed E-state index contributed by atoms with van der Waals surface area (Å²) < 4.78 is 70.4. The molecule has 34 heavy (non-hydrogen) atoms. The zero-order chi connectivity index (χ0) is 25.0. The van der Waals surface area contributed by atoms with Crippen LogP contribution in [0.5, 0.6) is 0 Å². The van der Waals surface area contributed by atoms with Crippen LogP contribution in [0.3, 0.4) is 0 Å². The molecule has 12 heteroatoms. The smallest absolute Gasteiger partial charge is 0.267 e. The van der Waals surface area contributed by atoms with Gasteiger partial charge in [0.25, 0.3) is 10.0 Å². The fraction of sp³-hybridized carbons (Fsp3) is 0.136. The van der Waals surface area contributed by atoms with Gasteiger partial charge in [0.1, 0.15) is 11.6 Å². The van der Waals surface area contributed by atoms with E-state index in [4.69, 9.17) is 5.73 Å². The largest absolute Gasteiger partial charge is 0.368 e. The second-order valence-electron chi connectivity index (χ2n) is 6.53. The number of thiazole rings is 1. The summed E-state index contributed by atoms with van der Waals surface area (Å²) in [5.74, 6) is -3.55. The van der Waals surface area contributed by atoms with E-state index < -0.39 is 38.1 Å². The number of sulfonamides is 1. The minimum Gasteiger partial charge on any atom is -0.368 e. The highest BCUT2D eigenvalue weighted by Crippen LogP contribution is 2.38. The summed E-state index contributed by atoms with van der Waals surface area (Å²) in [6, 6.07) is 8.12. The Labute approximate surface area is 201 Å². The van der Waals surface area contributed by atoms with Gasteiger partial charge in [-0.15, -0.1) is 11.3 Å². The lowest BCUT2D eigenvalue weighted by Gasteiger charge is -2.12. The molecule has 2 aromatic heterocycles. The van der Waals surface area contributed by atoms with Crippen molar-refractivity contribution in [2.45, 2.75) is 25.7 Å². The van der Waals surface area contributed by atoms with Gasteiger partial charge in [-0.25, -0.2) is 36.5 Å². The van der Waals surface area contributed by atoms with Crippen molar-refractivity contribution in [2.75, 3.05) is 10.5 Å². The van der Waals surface area contributed by atoms with Crippen LogP contribution in [0.15, 0.2) is 53.6 Å². The Balaban J connectivity index is 0.00000158. The first kappa shape index (κ1) is 25.1. The molecule has 3 N–H and O–H groups in total. The number of nitrogens with one attached hydrogen (secondary N) is 1. The van der Waals surface area contributed by atoms with E-state index in [0.29, 0.717) is 15.6 Å². The fourth-order valence-electron chi connectivity index (χ4n) is 3.01. The quantitative estimate of drug-likeness (QED) is 0.345. The standard InChI is InChI=1S/C20H14F3N5O2S2.C2H6.2H2/c1-10-26-17(18(31-10)15-8-9-25-20(24)27-15)11-4-2-7-14(16(11)23)28-32(29,30)19-12(21)5-3-6-13(19)22;1-2;;/h2-9,28H,1H3,(H2,24,25,27);1-2H3;2*1H. The SMILES string of the molecule is CC.Cc1nc(-c2cccc(NS(=O)(=O)c3c(F)cccc3F)c2F)c(-c2ccnc(N)n2)s1.[HH].[HH]. The van der Waals surface area contributed by atoms with Crippen LogP contribution in [0.4, 0.5) is 24.8 Å². The molecule has 4 aromatic rings. The molecule has 0 aliphatic heterocycles. The second-order valence-corrected chi connectivity index (χ2v) is 9.36.